The highest BCUT2D eigenvalue weighted by Crippen LogP contribution is 2.19. The van der Waals surface area contributed by atoms with Crippen LogP contribution in [0.5, 0.6) is 0 Å². The summed E-state index contributed by atoms with van der Waals surface area (Å²) in [5.41, 5.74) is 0. The summed E-state index contributed by atoms with van der Waals surface area (Å²) in [6.07, 6.45) is 38.2. The van der Waals surface area contributed by atoms with Gasteiger partial charge >= 0.3 is 11.9 Å². The Morgan fingerprint density at radius 3 is 1.41 bits per heavy atom. The molecule has 1 rings (SSSR count). The van der Waals surface area contributed by atoms with Crippen LogP contribution in [0.3, 0.4) is 0 Å². The molecular weight excluding hydrogens is 729 g/mol. The van der Waals surface area contributed by atoms with Crippen molar-refractivity contribution in [3.8, 4) is 0 Å². The zero-order valence-corrected chi connectivity index (χ0v) is 38.3. The van der Waals surface area contributed by atoms with Crippen LogP contribution in [0.25, 0.3) is 0 Å². The topological polar surface area (TPSA) is 102 Å². The summed E-state index contributed by atoms with van der Waals surface area (Å²) in [4.78, 5) is 53.2. The second-order valence-electron chi connectivity index (χ2n) is 17.2. The molecule has 0 aromatic heterocycles. The van der Waals surface area contributed by atoms with E-state index in [0.29, 0.717) is 26.0 Å². The van der Waals surface area contributed by atoms with E-state index in [0.717, 1.165) is 129 Å². The lowest BCUT2D eigenvalue weighted by molar-refractivity contribution is -0.158. The van der Waals surface area contributed by atoms with E-state index in [-0.39, 0.29) is 43.1 Å². The maximum atomic E-state index is 12.8. The summed E-state index contributed by atoms with van der Waals surface area (Å²) in [5, 5.41) is 0. The predicted octanol–water partition coefficient (Wildman–Crippen LogP) is 12.5. The summed E-state index contributed by atoms with van der Waals surface area (Å²) in [6.45, 7) is 10.6. The summed E-state index contributed by atoms with van der Waals surface area (Å²) < 4.78 is 16.6. The van der Waals surface area contributed by atoms with Gasteiger partial charge in [0.15, 0.2) is 0 Å². The standard InChI is InChI=1S/C49H92N2O7/c1-4-7-10-13-16-25-32-42-57-48(54)36-28-21-17-23-30-38-50(40-33-41-51-46(52)43-56-44-47(51)53)39-31-24-18-22-29-37-49(55)58-45(34-26-19-14-11-8-5-2)35-27-20-15-12-9-6-3/h45H,4-44H2,1-3H3. The number of unbranched alkanes of at least 4 members (excludes halogenated alkanes) is 24. The zero-order chi connectivity index (χ0) is 42.2. The average molecular weight is 821 g/mol. The minimum absolute atomic E-state index is 0.0101. The van der Waals surface area contributed by atoms with Crippen LogP contribution in [0.1, 0.15) is 239 Å². The average Bonchev–Trinajstić information content (AvgIpc) is 3.21. The van der Waals surface area contributed by atoms with Crippen molar-refractivity contribution in [1.82, 2.24) is 9.80 Å². The Bertz CT molecular complexity index is 960. The molecule has 0 aromatic rings. The van der Waals surface area contributed by atoms with Crippen LogP contribution in [-0.4, -0.2) is 85.7 Å². The molecule has 0 N–H and O–H groups in total. The Morgan fingerprint density at radius 2 is 0.914 bits per heavy atom. The van der Waals surface area contributed by atoms with Gasteiger partial charge in [0.2, 0.25) is 0 Å². The number of carbonyl (C=O) groups excluding carboxylic acids is 4. The predicted molar refractivity (Wildman–Crippen MR) is 239 cm³/mol. The third kappa shape index (κ3) is 32.8. The van der Waals surface area contributed by atoms with Crippen molar-refractivity contribution in [2.24, 2.45) is 0 Å². The van der Waals surface area contributed by atoms with Gasteiger partial charge in [-0.3, -0.25) is 24.1 Å². The van der Waals surface area contributed by atoms with Crippen LogP contribution in [0.15, 0.2) is 0 Å². The van der Waals surface area contributed by atoms with Gasteiger partial charge in [0, 0.05) is 19.4 Å². The summed E-state index contributed by atoms with van der Waals surface area (Å²) in [7, 11) is 0. The molecule has 1 aliphatic heterocycles. The lowest BCUT2D eigenvalue weighted by Crippen LogP contribution is -2.47. The molecule has 0 spiro atoms. The third-order valence-electron chi connectivity index (χ3n) is 11.7. The smallest absolute Gasteiger partial charge is 0.306 e. The van der Waals surface area contributed by atoms with Gasteiger partial charge in [-0.25, -0.2) is 0 Å². The van der Waals surface area contributed by atoms with E-state index in [4.69, 9.17) is 14.2 Å². The number of nitrogens with zero attached hydrogens (tertiary/aromatic N) is 2. The van der Waals surface area contributed by atoms with E-state index < -0.39 is 0 Å². The van der Waals surface area contributed by atoms with Crippen molar-refractivity contribution >= 4 is 23.8 Å². The fourth-order valence-electron chi connectivity index (χ4n) is 7.96. The minimum Gasteiger partial charge on any atom is -0.466 e. The molecule has 340 valence electrons. The molecule has 58 heavy (non-hydrogen) atoms. The maximum absolute atomic E-state index is 12.8. The molecule has 0 bridgehead atoms. The Morgan fingerprint density at radius 1 is 0.517 bits per heavy atom. The fraction of sp³-hybridized carbons (Fsp3) is 0.918. The summed E-state index contributed by atoms with van der Waals surface area (Å²) in [5.74, 6) is -0.538. The normalized spacial score (nSPS) is 13.3. The highest BCUT2D eigenvalue weighted by Gasteiger charge is 2.26. The van der Waals surface area contributed by atoms with Crippen molar-refractivity contribution in [2.45, 2.75) is 245 Å². The van der Waals surface area contributed by atoms with Crippen LogP contribution in [0.4, 0.5) is 0 Å². The number of amides is 2. The van der Waals surface area contributed by atoms with Crippen LogP contribution in [0, 0.1) is 0 Å². The molecule has 2 amide bonds. The van der Waals surface area contributed by atoms with Gasteiger partial charge in [0.05, 0.1) is 6.61 Å². The Balaban J connectivity index is 2.34. The van der Waals surface area contributed by atoms with Crippen molar-refractivity contribution in [3.05, 3.63) is 0 Å². The number of ether oxygens (including phenoxy) is 3. The molecule has 0 atom stereocenters. The van der Waals surface area contributed by atoms with Gasteiger partial charge in [-0.1, -0.05) is 162 Å². The molecule has 0 aromatic carbocycles. The maximum Gasteiger partial charge on any atom is 0.306 e. The number of carbonyl (C=O) groups is 4. The van der Waals surface area contributed by atoms with Crippen LogP contribution < -0.4 is 0 Å². The minimum atomic E-state index is -0.237. The van der Waals surface area contributed by atoms with E-state index in [2.05, 4.69) is 25.7 Å². The van der Waals surface area contributed by atoms with E-state index in [1.54, 1.807) is 0 Å². The first-order valence-corrected chi connectivity index (χ1v) is 24.9. The van der Waals surface area contributed by atoms with Crippen molar-refractivity contribution in [1.29, 1.82) is 0 Å². The van der Waals surface area contributed by atoms with Gasteiger partial charge < -0.3 is 19.1 Å². The van der Waals surface area contributed by atoms with Crippen molar-refractivity contribution in [3.63, 3.8) is 0 Å². The molecule has 1 heterocycles. The highest BCUT2D eigenvalue weighted by atomic mass is 16.5. The van der Waals surface area contributed by atoms with Gasteiger partial charge in [0.25, 0.3) is 11.8 Å². The number of hydrogen-bond acceptors (Lipinski definition) is 8. The van der Waals surface area contributed by atoms with E-state index in [1.807, 2.05) is 0 Å². The fourth-order valence-corrected chi connectivity index (χ4v) is 7.96. The van der Waals surface area contributed by atoms with E-state index in [9.17, 15) is 19.2 Å². The molecule has 1 fully saturated rings. The zero-order valence-electron chi connectivity index (χ0n) is 38.3. The van der Waals surface area contributed by atoms with E-state index in [1.165, 1.54) is 101 Å². The van der Waals surface area contributed by atoms with E-state index >= 15 is 0 Å². The Hall–Kier alpha value is -2.00. The number of imide groups is 1. The monoisotopic (exact) mass is 821 g/mol. The number of hydrogen-bond donors (Lipinski definition) is 0. The molecule has 0 saturated carbocycles. The first kappa shape index (κ1) is 54.0. The quantitative estimate of drug-likeness (QED) is 0.0340. The van der Waals surface area contributed by atoms with Crippen molar-refractivity contribution in [2.75, 3.05) is 46.0 Å². The van der Waals surface area contributed by atoms with Crippen molar-refractivity contribution < 1.29 is 33.4 Å². The van der Waals surface area contributed by atoms with Crippen LogP contribution in [-0.2, 0) is 33.4 Å². The first-order chi connectivity index (χ1) is 28.4. The summed E-state index contributed by atoms with van der Waals surface area (Å²) >= 11 is 0. The van der Waals surface area contributed by atoms with Crippen LogP contribution >= 0.6 is 0 Å². The molecular formula is C49H92N2O7. The molecule has 9 nitrogen and oxygen atoms in total. The van der Waals surface area contributed by atoms with Gasteiger partial charge in [-0.15, -0.1) is 0 Å². The molecule has 0 radical (unpaired) electrons. The van der Waals surface area contributed by atoms with Gasteiger partial charge in [0.1, 0.15) is 19.3 Å². The third-order valence-corrected chi connectivity index (χ3v) is 11.7. The lowest BCUT2D eigenvalue weighted by Gasteiger charge is -2.27. The summed E-state index contributed by atoms with van der Waals surface area (Å²) in [6, 6.07) is 0. The van der Waals surface area contributed by atoms with Crippen LogP contribution in [0.2, 0.25) is 0 Å². The number of morpholine rings is 1. The SMILES string of the molecule is CCCCCCCCCOC(=O)CCCCCCCN(CCCCCCCC(=O)OC(CCCCCCCC)CCCCCCCC)CCCN1C(=O)COCC1=O. The Kier molecular flexibility index (Phi) is 37.6. The molecule has 9 heteroatoms. The highest BCUT2D eigenvalue weighted by molar-refractivity contribution is 5.98. The van der Waals surface area contributed by atoms with Gasteiger partial charge in [-0.05, 0) is 83.8 Å². The largest absolute Gasteiger partial charge is 0.466 e. The first-order valence-electron chi connectivity index (χ1n) is 24.9. The number of rotatable bonds is 43. The molecule has 1 aliphatic rings. The molecule has 1 saturated heterocycles. The number of esters is 2. The second-order valence-corrected chi connectivity index (χ2v) is 17.2. The second kappa shape index (κ2) is 40.4. The lowest BCUT2D eigenvalue weighted by atomic mass is 10.0. The molecule has 0 aliphatic carbocycles. The Labute approximate surface area is 357 Å². The molecule has 0 unspecified atom stereocenters. The van der Waals surface area contributed by atoms with Gasteiger partial charge in [-0.2, -0.15) is 0 Å².